The quantitative estimate of drug-likeness (QED) is 0.670. The van der Waals surface area contributed by atoms with E-state index in [9.17, 15) is 4.79 Å². The van der Waals surface area contributed by atoms with Gasteiger partial charge in [0.15, 0.2) is 0 Å². The molecule has 1 atom stereocenters. The molecule has 1 aromatic carbocycles. The molecule has 0 radical (unpaired) electrons. The van der Waals surface area contributed by atoms with Gasteiger partial charge >= 0.3 is 0 Å². The second-order valence-electron chi connectivity index (χ2n) is 4.20. The number of carbonyl (C=O) groups excluding carboxylic acids is 1. The number of amides is 1. The molecular formula is C12H11BrClN3O. The van der Waals surface area contributed by atoms with Crippen LogP contribution in [0, 0.1) is 17.2 Å². The van der Waals surface area contributed by atoms with Crippen molar-refractivity contribution in [3.05, 3.63) is 22.7 Å². The number of carbonyl (C=O) groups is 1. The van der Waals surface area contributed by atoms with Gasteiger partial charge in [-0.25, -0.2) is 0 Å². The molecule has 1 fully saturated rings. The summed E-state index contributed by atoms with van der Waals surface area (Å²) in [5.74, 6) is 0.215. The van der Waals surface area contributed by atoms with Crippen LogP contribution in [0.1, 0.15) is 12.0 Å². The van der Waals surface area contributed by atoms with E-state index in [1.807, 2.05) is 6.07 Å². The standard InChI is InChI=1S/C12H11BrClN3O/c13-4-7-3-11(18)17(6-7)12-8(5-15)9(14)1-2-10(12)16/h1-2,7H,3-4,6,16H2. The normalized spacial score (nSPS) is 19.1. The Kier molecular flexibility index (Phi) is 3.79. The highest BCUT2D eigenvalue weighted by molar-refractivity contribution is 9.09. The molecule has 1 aliphatic heterocycles. The summed E-state index contributed by atoms with van der Waals surface area (Å²) >= 11 is 9.34. The fourth-order valence-electron chi connectivity index (χ4n) is 2.08. The minimum absolute atomic E-state index is 0.0232. The average Bonchev–Trinajstić information content (AvgIpc) is 2.73. The second-order valence-corrected chi connectivity index (χ2v) is 5.26. The summed E-state index contributed by atoms with van der Waals surface area (Å²) in [6.45, 7) is 0.559. The maximum absolute atomic E-state index is 12.0. The topological polar surface area (TPSA) is 70.1 Å². The Labute approximate surface area is 118 Å². The number of nitriles is 1. The molecule has 94 valence electrons. The van der Waals surface area contributed by atoms with Crippen molar-refractivity contribution in [1.82, 2.24) is 0 Å². The average molecular weight is 329 g/mol. The molecule has 0 spiro atoms. The number of rotatable bonds is 2. The minimum atomic E-state index is -0.0232. The molecule has 4 nitrogen and oxygen atoms in total. The maximum atomic E-state index is 12.0. The Bertz CT molecular complexity index is 541. The third-order valence-electron chi connectivity index (χ3n) is 2.96. The van der Waals surface area contributed by atoms with Crippen LogP contribution in [0.4, 0.5) is 11.4 Å². The SMILES string of the molecule is N#Cc1c(Cl)ccc(N)c1N1CC(CBr)CC1=O. The van der Waals surface area contributed by atoms with E-state index in [2.05, 4.69) is 15.9 Å². The molecule has 1 aliphatic rings. The van der Waals surface area contributed by atoms with Crippen molar-refractivity contribution >= 4 is 44.8 Å². The van der Waals surface area contributed by atoms with Crippen LogP contribution in [0.2, 0.25) is 5.02 Å². The van der Waals surface area contributed by atoms with Crippen LogP contribution >= 0.6 is 27.5 Å². The number of benzene rings is 1. The Morgan fingerprint density at radius 2 is 2.33 bits per heavy atom. The fourth-order valence-corrected chi connectivity index (χ4v) is 2.71. The Balaban J connectivity index is 2.49. The van der Waals surface area contributed by atoms with E-state index in [0.29, 0.717) is 29.4 Å². The van der Waals surface area contributed by atoms with Crippen molar-refractivity contribution in [2.24, 2.45) is 5.92 Å². The van der Waals surface area contributed by atoms with E-state index in [4.69, 9.17) is 22.6 Å². The highest BCUT2D eigenvalue weighted by Crippen LogP contribution is 2.36. The Hall–Kier alpha value is -1.25. The number of hydrogen-bond acceptors (Lipinski definition) is 3. The van der Waals surface area contributed by atoms with Gasteiger partial charge in [0.05, 0.1) is 22.0 Å². The van der Waals surface area contributed by atoms with Crippen molar-refractivity contribution in [1.29, 1.82) is 5.26 Å². The van der Waals surface area contributed by atoms with Crippen molar-refractivity contribution in [2.45, 2.75) is 6.42 Å². The smallest absolute Gasteiger partial charge is 0.227 e. The van der Waals surface area contributed by atoms with Crippen molar-refractivity contribution in [3.63, 3.8) is 0 Å². The summed E-state index contributed by atoms with van der Waals surface area (Å²) in [5.41, 5.74) is 6.99. The van der Waals surface area contributed by atoms with Crippen LogP contribution in [0.5, 0.6) is 0 Å². The summed E-state index contributed by atoms with van der Waals surface area (Å²) in [6, 6.07) is 5.21. The Morgan fingerprint density at radius 3 is 2.89 bits per heavy atom. The number of alkyl halides is 1. The predicted molar refractivity (Wildman–Crippen MR) is 74.8 cm³/mol. The fraction of sp³-hybridized carbons (Fsp3) is 0.333. The molecule has 1 aromatic rings. The zero-order valence-electron chi connectivity index (χ0n) is 9.49. The van der Waals surface area contributed by atoms with Crippen LogP contribution in [-0.2, 0) is 4.79 Å². The van der Waals surface area contributed by atoms with E-state index < -0.39 is 0 Å². The number of nitrogens with zero attached hydrogens (tertiary/aromatic N) is 2. The minimum Gasteiger partial charge on any atom is -0.397 e. The van der Waals surface area contributed by atoms with Gasteiger partial charge in [-0.3, -0.25) is 4.79 Å². The van der Waals surface area contributed by atoms with Gasteiger partial charge in [-0.15, -0.1) is 0 Å². The highest BCUT2D eigenvalue weighted by atomic mass is 79.9. The van der Waals surface area contributed by atoms with Crippen LogP contribution < -0.4 is 10.6 Å². The van der Waals surface area contributed by atoms with E-state index in [0.717, 1.165) is 5.33 Å². The number of anilines is 2. The molecule has 0 aromatic heterocycles. The van der Waals surface area contributed by atoms with Crippen molar-refractivity contribution in [3.8, 4) is 6.07 Å². The number of nitrogen functional groups attached to an aromatic ring is 1. The number of halogens is 2. The van der Waals surface area contributed by atoms with E-state index in [-0.39, 0.29) is 17.4 Å². The summed E-state index contributed by atoms with van der Waals surface area (Å²) in [7, 11) is 0. The lowest BCUT2D eigenvalue weighted by atomic mass is 10.1. The predicted octanol–water partition coefficient (Wildman–Crippen LogP) is 2.54. The van der Waals surface area contributed by atoms with Crippen LogP contribution in [0.3, 0.4) is 0 Å². The summed E-state index contributed by atoms with van der Waals surface area (Å²) < 4.78 is 0. The third kappa shape index (κ3) is 2.18. The monoisotopic (exact) mass is 327 g/mol. The van der Waals surface area contributed by atoms with Crippen molar-refractivity contribution in [2.75, 3.05) is 22.5 Å². The van der Waals surface area contributed by atoms with E-state index >= 15 is 0 Å². The molecule has 1 unspecified atom stereocenters. The highest BCUT2D eigenvalue weighted by Gasteiger charge is 2.32. The van der Waals surface area contributed by atoms with Crippen molar-refractivity contribution < 1.29 is 4.79 Å². The van der Waals surface area contributed by atoms with Gasteiger partial charge in [0, 0.05) is 18.3 Å². The number of nitrogens with two attached hydrogens (primary N) is 1. The summed E-state index contributed by atoms with van der Waals surface area (Å²) in [4.78, 5) is 13.5. The largest absolute Gasteiger partial charge is 0.397 e. The lowest BCUT2D eigenvalue weighted by molar-refractivity contribution is -0.117. The van der Waals surface area contributed by atoms with Gasteiger partial charge in [0.25, 0.3) is 0 Å². The van der Waals surface area contributed by atoms with Gasteiger partial charge in [-0.1, -0.05) is 27.5 Å². The maximum Gasteiger partial charge on any atom is 0.227 e. The summed E-state index contributed by atoms with van der Waals surface area (Å²) in [6.07, 6.45) is 0.460. The van der Waals surface area contributed by atoms with Crippen LogP contribution in [0.25, 0.3) is 0 Å². The molecule has 6 heteroatoms. The van der Waals surface area contributed by atoms with Gasteiger partial charge in [-0.2, -0.15) is 5.26 Å². The lowest BCUT2D eigenvalue weighted by Crippen LogP contribution is -2.26. The second kappa shape index (κ2) is 5.17. The van der Waals surface area contributed by atoms with Crippen LogP contribution in [0.15, 0.2) is 12.1 Å². The molecule has 1 amide bonds. The first-order valence-electron chi connectivity index (χ1n) is 5.43. The first-order chi connectivity index (χ1) is 8.58. The molecule has 0 aliphatic carbocycles. The molecule has 2 rings (SSSR count). The third-order valence-corrected chi connectivity index (χ3v) is 4.19. The van der Waals surface area contributed by atoms with E-state index in [1.54, 1.807) is 17.0 Å². The zero-order valence-corrected chi connectivity index (χ0v) is 11.8. The van der Waals surface area contributed by atoms with Gasteiger partial charge in [0.1, 0.15) is 6.07 Å². The Morgan fingerprint density at radius 1 is 1.61 bits per heavy atom. The molecule has 1 saturated heterocycles. The number of hydrogen-bond donors (Lipinski definition) is 1. The van der Waals surface area contributed by atoms with Crippen LogP contribution in [-0.4, -0.2) is 17.8 Å². The molecule has 0 bridgehead atoms. The van der Waals surface area contributed by atoms with Gasteiger partial charge in [-0.05, 0) is 18.1 Å². The lowest BCUT2D eigenvalue weighted by Gasteiger charge is -2.20. The molecule has 1 heterocycles. The first kappa shape index (κ1) is 13.2. The molecule has 18 heavy (non-hydrogen) atoms. The van der Waals surface area contributed by atoms with E-state index in [1.165, 1.54) is 0 Å². The first-order valence-corrected chi connectivity index (χ1v) is 6.92. The van der Waals surface area contributed by atoms with Gasteiger partial charge in [0.2, 0.25) is 5.91 Å². The summed E-state index contributed by atoms with van der Waals surface area (Å²) in [5, 5.41) is 10.2. The van der Waals surface area contributed by atoms with Gasteiger partial charge < -0.3 is 10.6 Å². The zero-order chi connectivity index (χ0) is 13.3. The molecular weight excluding hydrogens is 318 g/mol. The molecule has 2 N–H and O–H groups in total. The molecule has 0 saturated carbocycles.